The number of carbonyl (C=O) groups is 2. The summed E-state index contributed by atoms with van der Waals surface area (Å²) in [6.45, 7) is 8.29. The van der Waals surface area contributed by atoms with Gasteiger partial charge in [0.05, 0.1) is 0 Å². The molecule has 1 unspecified atom stereocenters. The normalized spacial score (nSPS) is 18.1. The number of carbonyl (C=O) groups excluding carboxylic acids is 2. The smallest absolute Gasteiger partial charge is 0.253 e. The highest BCUT2D eigenvalue weighted by atomic mass is 16.2. The Morgan fingerprint density at radius 2 is 1.91 bits per heavy atom. The van der Waals surface area contributed by atoms with E-state index in [-0.39, 0.29) is 11.8 Å². The van der Waals surface area contributed by atoms with Crippen molar-refractivity contribution in [3.05, 3.63) is 35.4 Å². The topological polar surface area (TPSA) is 75.4 Å². The highest BCUT2D eigenvalue weighted by Gasteiger charge is 2.26. The molecule has 1 fully saturated rings. The second kappa shape index (κ2) is 7.13. The molecule has 0 aliphatic carbocycles. The zero-order valence-electron chi connectivity index (χ0n) is 14.3. The monoisotopic (exact) mass is 317 g/mol. The minimum absolute atomic E-state index is 0.0162. The van der Waals surface area contributed by atoms with Crippen LogP contribution in [0.15, 0.2) is 24.3 Å². The minimum Gasteiger partial charge on any atom is -0.352 e. The molecule has 1 aromatic carbocycles. The summed E-state index contributed by atoms with van der Waals surface area (Å²) in [6.07, 6.45) is 0.985. The molecule has 3 N–H and O–H groups in total. The summed E-state index contributed by atoms with van der Waals surface area (Å²) in [7, 11) is 0. The van der Waals surface area contributed by atoms with E-state index in [0.717, 1.165) is 25.1 Å². The summed E-state index contributed by atoms with van der Waals surface area (Å²) in [6, 6.07) is 7.45. The van der Waals surface area contributed by atoms with Crippen molar-refractivity contribution in [1.29, 1.82) is 0 Å². The fourth-order valence-electron chi connectivity index (χ4n) is 2.60. The molecule has 1 aliphatic rings. The molecular weight excluding hydrogens is 290 g/mol. The SMILES string of the molecule is CC(C)(C)C(=O)NCc1ccc(C(=O)N2CCC(CN)C2)cc1. The largest absolute Gasteiger partial charge is 0.352 e. The maximum absolute atomic E-state index is 12.4. The van der Waals surface area contributed by atoms with Crippen LogP contribution in [0.3, 0.4) is 0 Å². The summed E-state index contributed by atoms with van der Waals surface area (Å²) in [5.41, 5.74) is 6.95. The van der Waals surface area contributed by atoms with E-state index in [9.17, 15) is 9.59 Å². The summed E-state index contributed by atoms with van der Waals surface area (Å²) >= 11 is 0. The molecule has 1 atom stereocenters. The molecule has 1 saturated heterocycles. The second-order valence-electron chi connectivity index (χ2n) is 7.27. The number of amides is 2. The van der Waals surface area contributed by atoms with Crippen molar-refractivity contribution in [2.45, 2.75) is 33.7 Å². The lowest BCUT2D eigenvalue weighted by atomic mass is 9.95. The van der Waals surface area contributed by atoms with Gasteiger partial charge in [-0.3, -0.25) is 9.59 Å². The summed E-state index contributed by atoms with van der Waals surface area (Å²) < 4.78 is 0. The van der Waals surface area contributed by atoms with Crippen LogP contribution in [-0.4, -0.2) is 36.3 Å². The van der Waals surface area contributed by atoms with Gasteiger partial charge in [-0.15, -0.1) is 0 Å². The highest BCUT2D eigenvalue weighted by molar-refractivity contribution is 5.94. The Bertz CT molecular complexity index is 561. The van der Waals surface area contributed by atoms with Crippen LogP contribution in [0.1, 0.15) is 43.1 Å². The van der Waals surface area contributed by atoms with Gasteiger partial charge in [0.15, 0.2) is 0 Å². The fourth-order valence-corrected chi connectivity index (χ4v) is 2.60. The van der Waals surface area contributed by atoms with Crippen LogP contribution in [-0.2, 0) is 11.3 Å². The molecule has 2 rings (SSSR count). The molecular formula is C18H27N3O2. The molecule has 0 bridgehead atoms. The van der Waals surface area contributed by atoms with E-state index < -0.39 is 5.41 Å². The summed E-state index contributed by atoms with van der Waals surface area (Å²) in [5.74, 6) is 0.500. The number of rotatable bonds is 4. The van der Waals surface area contributed by atoms with Gasteiger partial charge in [0.1, 0.15) is 0 Å². The Kier molecular flexibility index (Phi) is 5.42. The first-order valence-corrected chi connectivity index (χ1v) is 8.18. The van der Waals surface area contributed by atoms with Crippen LogP contribution in [0.25, 0.3) is 0 Å². The van der Waals surface area contributed by atoms with Gasteiger partial charge in [0, 0.05) is 30.6 Å². The predicted molar refractivity (Wildman–Crippen MR) is 90.8 cm³/mol. The van der Waals surface area contributed by atoms with Crippen LogP contribution in [0.2, 0.25) is 0 Å². The number of likely N-dealkylation sites (tertiary alicyclic amines) is 1. The predicted octanol–water partition coefficient (Wildman–Crippen LogP) is 1.77. The van der Waals surface area contributed by atoms with Crippen LogP contribution in [0.5, 0.6) is 0 Å². The Morgan fingerprint density at radius 1 is 1.26 bits per heavy atom. The number of benzene rings is 1. The molecule has 23 heavy (non-hydrogen) atoms. The molecule has 2 amide bonds. The number of nitrogens with two attached hydrogens (primary N) is 1. The first-order chi connectivity index (χ1) is 10.8. The molecule has 0 radical (unpaired) electrons. The average molecular weight is 317 g/mol. The van der Waals surface area contributed by atoms with Gasteiger partial charge in [-0.1, -0.05) is 32.9 Å². The molecule has 1 aromatic rings. The number of hydrogen-bond acceptors (Lipinski definition) is 3. The van der Waals surface area contributed by atoms with Crippen LogP contribution < -0.4 is 11.1 Å². The molecule has 5 heteroatoms. The number of nitrogens with one attached hydrogen (secondary N) is 1. The summed E-state index contributed by atoms with van der Waals surface area (Å²) in [5, 5.41) is 2.91. The minimum atomic E-state index is -0.398. The van der Waals surface area contributed by atoms with Crippen molar-refractivity contribution in [2.24, 2.45) is 17.1 Å². The van der Waals surface area contributed by atoms with Gasteiger partial charge < -0.3 is 16.0 Å². The Hall–Kier alpha value is -1.88. The quantitative estimate of drug-likeness (QED) is 0.888. The van der Waals surface area contributed by atoms with Gasteiger partial charge in [0.25, 0.3) is 5.91 Å². The molecule has 0 aromatic heterocycles. The average Bonchev–Trinajstić information content (AvgIpc) is 3.00. The lowest BCUT2D eigenvalue weighted by molar-refractivity contribution is -0.128. The Labute approximate surface area is 138 Å². The first-order valence-electron chi connectivity index (χ1n) is 8.18. The van der Waals surface area contributed by atoms with Crippen LogP contribution in [0.4, 0.5) is 0 Å². The van der Waals surface area contributed by atoms with Gasteiger partial charge in [-0.2, -0.15) is 0 Å². The number of nitrogens with zero attached hydrogens (tertiary/aromatic N) is 1. The van der Waals surface area contributed by atoms with Gasteiger partial charge in [-0.25, -0.2) is 0 Å². The van der Waals surface area contributed by atoms with E-state index in [2.05, 4.69) is 5.32 Å². The molecule has 0 saturated carbocycles. The lowest BCUT2D eigenvalue weighted by Crippen LogP contribution is -2.34. The molecule has 0 spiro atoms. The standard InChI is InChI=1S/C18H27N3O2/c1-18(2,3)17(23)20-11-13-4-6-15(7-5-13)16(22)21-9-8-14(10-19)12-21/h4-7,14H,8-12,19H2,1-3H3,(H,20,23). The first kappa shape index (κ1) is 17.5. The van der Waals surface area contributed by atoms with Crippen molar-refractivity contribution >= 4 is 11.8 Å². The van der Waals surface area contributed by atoms with Crippen molar-refractivity contribution in [2.75, 3.05) is 19.6 Å². The second-order valence-corrected chi connectivity index (χ2v) is 7.27. The van der Waals surface area contributed by atoms with E-state index in [4.69, 9.17) is 5.73 Å². The third kappa shape index (κ3) is 4.55. The fraction of sp³-hybridized carbons (Fsp3) is 0.556. The van der Waals surface area contributed by atoms with Gasteiger partial charge in [0.2, 0.25) is 5.91 Å². The van der Waals surface area contributed by atoms with Crippen molar-refractivity contribution in [3.8, 4) is 0 Å². The van der Waals surface area contributed by atoms with E-state index in [1.165, 1.54) is 0 Å². The van der Waals surface area contributed by atoms with Crippen molar-refractivity contribution in [3.63, 3.8) is 0 Å². The maximum atomic E-state index is 12.4. The molecule has 1 aliphatic heterocycles. The van der Waals surface area contributed by atoms with Crippen molar-refractivity contribution in [1.82, 2.24) is 10.2 Å². The Morgan fingerprint density at radius 3 is 2.43 bits per heavy atom. The third-order valence-electron chi connectivity index (χ3n) is 4.24. The molecule has 5 nitrogen and oxygen atoms in total. The molecule has 1 heterocycles. The maximum Gasteiger partial charge on any atom is 0.253 e. The third-order valence-corrected chi connectivity index (χ3v) is 4.24. The number of hydrogen-bond donors (Lipinski definition) is 2. The van der Waals surface area contributed by atoms with Crippen molar-refractivity contribution < 1.29 is 9.59 Å². The van der Waals surface area contributed by atoms with E-state index >= 15 is 0 Å². The van der Waals surface area contributed by atoms with Crippen LogP contribution in [0, 0.1) is 11.3 Å². The zero-order chi connectivity index (χ0) is 17.0. The summed E-state index contributed by atoms with van der Waals surface area (Å²) in [4.78, 5) is 26.2. The van der Waals surface area contributed by atoms with Crippen LogP contribution >= 0.6 is 0 Å². The van der Waals surface area contributed by atoms with Gasteiger partial charge in [-0.05, 0) is 36.6 Å². The lowest BCUT2D eigenvalue weighted by Gasteiger charge is -2.18. The van der Waals surface area contributed by atoms with E-state index in [0.29, 0.717) is 24.6 Å². The van der Waals surface area contributed by atoms with E-state index in [1.807, 2.05) is 49.9 Å². The molecule has 126 valence electrons. The zero-order valence-corrected chi connectivity index (χ0v) is 14.3. The van der Waals surface area contributed by atoms with Gasteiger partial charge >= 0.3 is 0 Å². The highest BCUT2D eigenvalue weighted by Crippen LogP contribution is 2.18. The Balaban J connectivity index is 1.92. The van der Waals surface area contributed by atoms with E-state index in [1.54, 1.807) is 0 Å².